The summed E-state index contributed by atoms with van der Waals surface area (Å²) in [5.74, 6) is 0.427. The summed E-state index contributed by atoms with van der Waals surface area (Å²) in [7, 11) is 0. The van der Waals surface area contributed by atoms with Gasteiger partial charge in [-0.1, -0.05) is 20.8 Å². The van der Waals surface area contributed by atoms with Gasteiger partial charge in [-0.05, 0) is 5.41 Å². The SMILES string of the molecule is CC(C)(C)CC(=O)Nc1cn[nH]n1. The van der Waals surface area contributed by atoms with E-state index in [1.165, 1.54) is 6.20 Å². The molecule has 1 rings (SSSR count). The molecule has 0 aromatic carbocycles. The van der Waals surface area contributed by atoms with E-state index < -0.39 is 0 Å². The van der Waals surface area contributed by atoms with Crippen LogP contribution in [-0.4, -0.2) is 21.3 Å². The summed E-state index contributed by atoms with van der Waals surface area (Å²) in [6.07, 6.45) is 1.94. The number of H-pyrrole nitrogens is 1. The monoisotopic (exact) mass is 182 g/mol. The molecule has 5 nitrogen and oxygen atoms in total. The molecular weight excluding hydrogens is 168 g/mol. The fourth-order valence-corrected chi connectivity index (χ4v) is 0.931. The van der Waals surface area contributed by atoms with E-state index in [-0.39, 0.29) is 11.3 Å². The smallest absolute Gasteiger partial charge is 0.226 e. The highest BCUT2D eigenvalue weighted by atomic mass is 16.1. The van der Waals surface area contributed by atoms with E-state index in [2.05, 4.69) is 20.7 Å². The minimum Gasteiger partial charge on any atom is -0.308 e. The molecule has 13 heavy (non-hydrogen) atoms. The average molecular weight is 182 g/mol. The maximum atomic E-state index is 11.3. The summed E-state index contributed by atoms with van der Waals surface area (Å²) < 4.78 is 0. The van der Waals surface area contributed by atoms with E-state index in [4.69, 9.17) is 0 Å². The first-order valence-electron chi connectivity index (χ1n) is 4.13. The molecule has 72 valence electrons. The van der Waals surface area contributed by atoms with Crippen molar-refractivity contribution >= 4 is 11.7 Å². The first-order valence-corrected chi connectivity index (χ1v) is 4.13. The molecule has 0 bridgehead atoms. The number of rotatable bonds is 2. The molecule has 0 aliphatic heterocycles. The van der Waals surface area contributed by atoms with Crippen LogP contribution in [0.25, 0.3) is 0 Å². The van der Waals surface area contributed by atoms with Crippen molar-refractivity contribution in [3.8, 4) is 0 Å². The lowest BCUT2D eigenvalue weighted by Crippen LogP contribution is -2.19. The number of nitrogens with zero attached hydrogens (tertiary/aromatic N) is 2. The number of aromatic amines is 1. The maximum absolute atomic E-state index is 11.3. The van der Waals surface area contributed by atoms with Gasteiger partial charge in [-0.25, -0.2) is 0 Å². The minimum atomic E-state index is -0.0404. The second-order valence-electron chi connectivity index (χ2n) is 4.14. The molecule has 1 aromatic heterocycles. The van der Waals surface area contributed by atoms with Crippen LogP contribution in [0.1, 0.15) is 27.2 Å². The lowest BCUT2D eigenvalue weighted by atomic mass is 9.92. The van der Waals surface area contributed by atoms with E-state index in [1.807, 2.05) is 20.8 Å². The Morgan fingerprint density at radius 1 is 1.62 bits per heavy atom. The van der Waals surface area contributed by atoms with Gasteiger partial charge in [0.1, 0.15) is 0 Å². The van der Waals surface area contributed by atoms with Crippen LogP contribution in [0.15, 0.2) is 6.20 Å². The molecule has 0 saturated heterocycles. The summed E-state index contributed by atoms with van der Waals surface area (Å²) in [5, 5.41) is 12.4. The number of carbonyl (C=O) groups excluding carboxylic acids is 1. The zero-order chi connectivity index (χ0) is 9.90. The van der Waals surface area contributed by atoms with Gasteiger partial charge in [-0.15, -0.1) is 5.10 Å². The predicted molar refractivity (Wildman–Crippen MR) is 49.1 cm³/mol. The fraction of sp³-hybridized carbons (Fsp3) is 0.625. The van der Waals surface area contributed by atoms with Crippen molar-refractivity contribution in [2.24, 2.45) is 5.41 Å². The standard InChI is InChI=1S/C8H14N4O/c1-8(2,3)4-7(13)10-6-5-9-12-11-6/h5H,4H2,1-3H3,(H2,9,10,11,12,13). The number of hydrogen-bond acceptors (Lipinski definition) is 3. The quantitative estimate of drug-likeness (QED) is 0.721. The lowest BCUT2D eigenvalue weighted by Gasteiger charge is -2.16. The van der Waals surface area contributed by atoms with E-state index >= 15 is 0 Å². The Balaban J connectivity index is 2.43. The van der Waals surface area contributed by atoms with Gasteiger partial charge in [0.05, 0.1) is 6.20 Å². The lowest BCUT2D eigenvalue weighted by molar-refractivity contribution is -0.117. The second-order valence-corrected chi connectivity index (χ2v) is 4.14. The number of anilines is 1. The van der Waals surface area contributed by atoms with E-state index in [1.54, 1.807) is 0 Å². The van der Waals surface area contributed by atoms with Crippen molar-refractivity contribution in [3.63, 3.8) is 0 Å². The zero-order valence-electron chi connectivity index (χ0n) is 8.09. The van der Waals surface area contributed by atoms with Gasteiger partial charge >= 0.3 is 0 Å². The molecule has 2 N–H and O–H groups in total. The van der Waals surface area contributed by atoms with Crippen molar-refractivity contribution < 1.29 is 4.79 Å². The van der Waals surface area contributed by atoms with Gasteiger partial charge in [-0.3, -0.25) is 4.79 Å². The van der Waals surface area contributed by atoms with Crippen LogP contribution >= 0.6 is 0 Å². The molecule has 1 heterocycles. The number of hydrogen-bond donors (Lipinski definition) is 2. The summed E-state index contributed by atoms with van der Waals surface area (Å²) >= 11 is 0. The van der Waals surface area contributed by atoms with Gasteiger partial charge in [0.25, 0.3) is 0 Å². The van der Waals surface area contributed by atoms with E-state index in [9.17, 15) is 4.79 Å². The minimum absolute atomic E-state index is 0.00613. The third-order valence-electron chi connectivity index (χ3n) is 1.37. The van der Waals surface area contributed by atoms with E-state index in [0.29, 0.717) is 12.2 Å². The molecule has 5 heteroatoms. The zero-order valence-corrected chi connectivity index (χ0v) is 8.09. The molecular formula is C8H14N4O. The van der Waals surface area contributed by atoms with Gasteiger partial charge in [0.2, 0.25) is 5.91 Å². The Morgan fingerprint density at radius 2 is 2.31 bits per heavy atom. The molecule has 0 radical (unpaired) electrons. The Kier molecular flexibility index (Phi) is 2.65. The molecule has 0 saturated carbocycles. The average Bonchev–Trinajstić information content (AvgIpc) is 2.34. The van der Waals surface area contributed by atoms with Crippen molar-refractivity contribution in [1.82, 2.24) is 15.4 Å². The van der Waals surface area contributed by atoms with Gasteiger partial charge < -0.3 is 5.32 Å². The number of aromatic nitrogens is 3. The first-order chi connectivity index (χ1) is 5.97. The Hall–Kier alpha value is -1.39. The molecule has 1 amide bonds. The van der Waals surface area contributed by atoms with Gasteiger partial charge in [0.15, 0.2) is 5.82 Å². The first kappa shape index (κ1) is 9.70. The highest BCUT2D eigenvalue weighted by Gasteiger charge is 2.16. The van der Waals surface area contributed by atoms with Crippen LogP contribution in [-0.2, 0) is 4.79 Å². The van der Waals surface area contributed by atoms with Crippen molar-refractivity contribution in [1.29, 1.82) is 0 Å². The summed E-state index contributed by atoms with van der Waals surface area (Å²) in [5.41, 5.74) is -0.00613. The topological polar surface area (TPSA) is 70.7 Å². The maximum Gasteiger partial charge on any atom is 0.226 e. The van der Waals surface area contributed by atoms with Crippen LogP contribution in [0.3, 0.4) is 0 Å². The Bertz CT molecular complexity index is 273. The molecule has 0 aliphatic carbocycles. The Morgan fingerprint density at radius 3 is 2.77 bits per heavy atom. The van der Waals surface area contributed by atoms with Crippen LogP contribution in [0, 0.1) is 5.41 Å². The Labute approximate surface area is 76.9 Å². The number of nitrogens with one attached hydrogen (secondary N) is 2. The highest BCUT2D eigenvalue weighted by Crippen LogP contribution is 2.18. The van der Waals surface area contributed by atoms with E-state index in [0.717, 1.165) is 0 Å². The second kappa shape index (κ2) is 3.55. The third kappa shape index (κ3) is 3.68. The van der Waals surface area contributed by atoms with Crippen LogP contribution in [0.4, 0.5) is 5.82 Å². The van der Waals surface area contributed by atoms with Gasteiger partial charge in [0, 0.05) is 6.42 Å². The van der Waals surface area contributed by atoms with Crippen molar-refractivity contribution in [3.05, 3.63) is 6.20 Å². The third-order valence-corrected chi connectivity index (χ3v) is 1.37. The largest absolute Gasteiger partial charge is 0.308 e. The highest BCUT2D eigenvalue weighted by molar-refractivity contribution is 5.89. The molecule has 0 unspecified atom stereocenters. The molecule has 1 aromatic rings. The fourth-order valence-electron chi connectivity index (χ4n) is 0.931. The van der Waals surface area contributed by atoms with Crippen LogP contribution in [0.2, 0.25) is 0 Å². The van der Waals surface area contributed by atoms with Crippen LogP contribution < -0.4 is 5.32 Å². The molecule has 0 atom stereocenters. The summed E-state index contributed by atoms with van der Waals surface area (Å²) in [6, 6.07) is 0. The number of amides is 1. The predicted octanol–water partition coefficient (Wildman–Crippen LogP) is 1.18. The number of carbonyl (C=O) groups is 1. The molecule has 0 spiro atoms. The molecule has 0 aliphatic rings. The molecule has 0 fully saturated rings. The summed E-state index contributed by atoms with van der Waals surface area (Å²) in [4.78, 5) is 11.3. The normalized spacial score (nSPS) is 11.3. The summed E-state index contributed by atoms with van der Waals surface area (Å²) in [6.45, 7) is 6.03. The van der Waals surface area contributed by atoms with Crippen molar-refractivity contribution in [2.75, 3.05) is 5.32 Å². The van der Waals surface area contributed by atoms with Crippen molar-refractivity contribution in [2.45, 2.75) is 27.2 Å². The van der Waals surface area contributed by atoms with Gasteiger partial charge in [-0.2, -0.15) is 10.3 Å². The van der Waals surface area contributed by atoms with Crippen LogP contribution in [0.5, 0.6) is 0 Å².